The van der Waals surface area contributed by atoms with Crippen molar-refractivity contribution in [3.63, 3.8) is 0 Å². The van der Waals surface area contributed by atoms with E-state index in [4.69, 9.17) is 49.7 Å². The Morgan fingerprint density at radius 3 is 1.00 bits per heavy atom. The van der Waals surface area contributed by atoms with Crippen molar-refractivity contribution in [1.29, 1.82) is 0 Å². The van der Waals surface area contributed by atoms with E-state index < -0.39 is 0 Å². The quantitative estimate of drug-likeness (QED) is 0.421. The molecule has 0 saturated heterocycles. The van der Waals surface area contributed by atoms with Gasteiger partial charge in [-0.05, 0) is 27.7 Å². The molecule has 0 amide bonds. The molecule has 7 heteroatoms. The van der Waals surface area contributed by atoms with Gasteiger partial charge in [-0.15, -0.1) is 0 Å². The average molecular weight is 360 g/mol. The second-order valence-electron chi connectivity index (χ2n) is 3.94. The minimum Gasteiger partial charge on any atom is -0.411 e. The molecule has 0 rings (SSSR count). The molecule has 0 aromatic rings. The van der Waals surface area contributed by atoms with E-state index in [1.165, 1.54) is 0 Å². The maximum atomic E-state index is 4.74. The third kappa shape index (κ3) is 13.0. The molecule has 0 aromatic carbocycles. The van der Waals surface area contributed by atoms with Crippen molar-refractivity contribution < 1.29 is 17.1 Å². The van der Waals surface area contributed by atoms with E-state index in [0.29, 0.717) is 20.7 Å². The summed E-state index contributed by atoms with van der Waals surface area (Å²) >= 11 is 18.9. The van der Waals surface area contributed by atoms with Crippen molar-refractivity contribution in [3.8, 4) is 0 Å². The summed E-state index contributed by atoms with van der Waals surface area (Å²) in [6, 6.07) is 0.861. The van der Waals surface area contributed by atoms with Gasteiger partial charge in [-0.25, -0.2) is 0 Å². The van der Waals surface area contributed by atoms with Crippen LogP contribution in [0.3, 0.4) is 0 Å². The molecule has 0 aliphatic carbocycles. The molecule has 0 unspecified atom stereocenters. The van der Waals surface area contributed by atoms with E-state index in [1.54, 1.807) is 0 Å². The summed E-state index contributed by atoms with van der Waals surface area (Å²) in [7, 11) is 3.81. The summed E-state index contributed by atoms with van der Waals surface area (Å²) in [6.45, 7) is 8.22. The molecule has 0 aliphatic rings. The van der Waals surface area contributed by atoms with Gasteiger partial charge in [0.25, 0.3) is 0 Å². The zero-order valence-electron chi connectivity index (χ0n) is 11.0. The molecule has 0 atom stereocenters. The average Bonchev–Trinajstić information content (AvgIpc) is 2.15. The zero-order chi connectivity index (χ0) is 13.5. The van der Waals surface area contributed by atoms with Crippen LogP contribution in [0.15, 0.2) is 0 Å². The van der Waals surface area contributed by atoms with Crippen LogP contribution in [0.25, 0.3) is 0 Å². The second kappa shape index (κ2) is 11.8. The molecular weight excluding hydrogens is 340 g/mol. The van der Waals surface area contributed by atoms with E-state index in [-0.39, 0.29) is 17.1 Å². The molecule has 2 nitrogen and oxygen atoms in total. The number of hydrogen-bond donors (Lipinski definition) is 0. The first-order valence-electron chi connectivity index (χ1n) is 4.98. The summed E-state index contributed by atoms with van der Waals surface area (Å²) < 4.78 is 1.08. The first-order chi connectivity index (χ1) is 7.11. The van der Waals surface area contributed by atoms with Crippen molar-refractivity contribution in [3.05, 3.63) is 0 Å². The molecule has 0 fully saturated rings. The summed E-state index contributed by atoms with van der Waals surface area (Å²) in [4.78, 5) is 3.76. The van der Waals surface area contributed by atoms with Gasteiger partial charge in [-0.1, -0.05) is 8.64 Å². The number of hydrogen-bond acceptors (Lipinski definition) is 4. The normalized spacial score (nSPS) is 8.94. The molecule has 0 spiro atoms. The summed E-state index contributed by atoms with van der Waals surface area (Å²) in [5, 5.41) is 0. The van der Waals surface area contributed by atoms with Gasteiger partial charge in [0.15, 0.2) is 0 Å². The smallest absolute Gasteiger partial charge is 0.411 e. The molecule has 105 valence electrons. The van der Waals surface area contributed by atoms with Gasteiger partial charge in [0, 0.05) is 26.2 Å². The Bertz CT molecular complexity index is 210. The molecular formula is C10H20CuN2S4. The number of thiocarbonyl (C=S) groups is 2. The largest absolute Gasteiger partial charge is 2.00 e. The first kappa shape index (κ1) is 22.9. The second-order valence-corrected chi connectivity index (χ2v) is 6.00. The Kier molecular flexibility index (Phi) is 15.9. The molecule has 17 heavy (non-hydrogen) atoms. The fraction of sp³-hybridized carbons (Fsp3) is 0.800. The van der Waals surface area contributed by atoms with Crippen LogP contribution >= 0.6 is 24.4 Å². The molecule has 0 N–H and O–H groups in total. The Balaban J connectivity index is -0.000000218. The van der Waals surface area contributed by atoms with Gasteiger partial charge >= 0.3 is 17.1 Å². The van der Waals surface area contributed by atoms with E-state index in [2.05, 4.69) is 27.7 Å². The fourth-order valence-electron chi connectivity index (χ4n) is 0.422. The first-order valence-corrected chi connectivity index (χ1v) is 6.62. The van der Waals surface area contributed by atoms with E-state index in [1.807, 2.05) is 23.9 Å². The maximum Gasteiger partial charge on any atom is 2.00 e. The Morgan fingerprint density at radius 1 is 0.824 bits per heavy atom. The van der Waals surface area contributed by atoms with Crippen molar-refractivity contribution in [2.75, 3.05) is 14.1 Å². The SMILES string of the molecule is CC(C)N(C)C(=S)[S-].CC(C)N(C)C(=S)[S-].[Cu+2]. The number of rotatable bonds is 2. The van der Waals surface area contributed by atoms with Crippen LogP contribution in [0.1, 0.15) is 27.7 Å². The fourth-order valence-corrected chi connectivity index (χ4v) is 1.26. The Morgan fingerprint density at radius 2 is 1.00 bits per heavy atom. The van der Waals surface area contributed by atoms with Gasteiger partial charge in [0.1, 0.15) is 0 Å². The summed E-state index contributed by atoms with van der Waals surface area (Å²) in [6.07, 6.45) is 0. The third-order valence-electron chi connectivity index (χ3n) is 2.13. The van der Waals surface area contributed by atoms with Gasteiger partial charge in [0.05, 0.1) is 0 Å². The Hall–Kier alpha value is 0.739. The van der Waals surface area contributed by atoms with Gasteiger partial charge < -0.3 is 59.5 Å². The van der Waals surface area contributed by atoms with Crippen molar-refractivity contribution >= 4 is 58.3 Å². The van der Waals surface area contributed by atoms with Crippen LogP contribution in [0.4, 0.5) is 0 Å². The monoisotopic (exact) mass is 359 g/mol. The van der Waals surface area contributed by atoms with Crippen LogP contribution in [0.2, 0.25) is 0 Å². The minimum atomic E-state index is 0. The third-order valence-corrected chi connectivity index (χ3v) is 3.28. The van der Waals surface area contributed by atoms with Gasteiger partial charge in [-0.2, -0.15) is 0 Å². The molecule has 1 radical (unpaired) electrons. The predicted octanol–water partition coefficient (Wildman–Crippen LogP) is 2.31. The van der Waals surface area contributed by atoms with Crippen molar-refractivity contribution in [1.82, 2.24) is 9.80 Å². The summed E-state index contributed by atoms with van der Waals surface area (Å²) in [5.74, 6) is 0. The predicted molar refractivity (Wildman–Crippen MR) is 85.7 cm³/mol. The van der Waals surface area contributed by atoms with Crippen molar-refractivity contribution in [2.45, 2.75) is 39.8 Å². The molecule has 0 saturated carbocycles. The molecule has 0 aromatic heterocycles. The van der Waals surface area contributed by atoms with Gasteiger partial charge in [-0.3, -0.25) is 0 Å². The molecule has 0 aliphatic heterocycles. The van der Waals surface area contributed by atoms with Crippen LogP contribution < -0.4 is 0 Å². The zero-order valence-corrected chi connectivity index (χ0v) is 15.2. The van der Waals surface area contributed by atoms with Gasteiger partial charge in [0.2, 0.25) is 0 Å². The minimum absolute atomic E-state index is 0. The molecule has 0 bridgehead atoms. The van der Waals surface area contributed by atoms with Crippen LogP contribution in [0, 0.1) is 0 Å². The number of nitrogens with zero attached hydrogens (tertiary/aromatic N) is 2. The van der Waals surface area contributed by atoms with Crippen LogP contribution in [0.5, 0.6) is 0 Å². The van der Waals surface area contributed by atoms with E-state index in [9.17, 15) is 0 Å². The topological polar surface area (TPSA) is 6.48 Å². The Labute approximate surface area is 138 Å². The van der Waals surface area contributed by atoms with Crippen molar-refractivity contribution in [2.24, 2.45) is 0 Å². The van der Waals surface area contributed by atoms with Crippen LogP contribution in [-0.4, -0.2) is 44.6 Å². The van der Waals surface area contributed by atoms with E-state index >= 15 is 0 Å². The summed E-state index contributed by atoms with van der Waals surface area (Å²) in [5.41, 5.74) is 0. The maximum absolute atomic E-state index is 4.74. The standard InChI is InChI=1S/2C5H11NS2.Cu/c2*1-4(2)6(3)5(7)8;/h2*4H,1-3H3,(H,7,8);/q;;+2/p-2. The van der Waals surface area contributed by atoms with E-state index in [0.717, 1.165) is 0 Å². The van der Waals surface area contributed by atoms with Crippen LogP contribution in [-0.2, 0) is 42.3 Å². The molecule has 0 heterocycles.